The highest BCUT2D eigenvalue weighted by Crippen LogP contribution is 2.10. The molecule has 6 heteroatoms. The van der Waals surface area contributed by atoms with Gasteiger partial charge in [0.1, 0.15) is 0 Å². The van der Waals surface area contributed by atoms with Crippen LogP contribution in [0.5, 0.6) is 0 Å². The molecule has 1 aromatic rings. The normalized spacial score (nSPS) is 11.2. The van der Waals surface area contributed by atoms with Gasteiger partial charge in [-0.1, -0.05) is 18.2 Å². The summed E-state index contributed by atoms with van der Waals surface area (Å²) in [6.07, 6.45) is 0.692. The number of ether oxygens (including phenoxy) is 1. The number of sulfone groups is 1. The average molecular weight is 285 g/mol. The second-order valence-electron chi connectivity index (χ2n) is 4.08. The fraction of sp³-hybridized carbons (Fsp3) is 0.462. The fourth-order valence-electron chi connectivity index (χ4n) is 1.51. The molecule has 0 saturated carbocycles. The molecule has 0 bridgehead atoms. The van der Waals surface area contributed by atoms with E-state index < -0.39 is 9.84 Å². The number of carbonyl (C=O) groups excluding carboxylic acids is 1. The average Bonchev–Trinajstić information content (AvgIpc) is 2.42. The van der Waals surface area contributed by atoms with Gasteiger partial charge in [0.15, 0.2) is 9.84 Å². The van der Waals surface area contributed by atoms with Gasteiger partial charge in [-0.2, -0.15) is 0 Å². The second-order valence-corrected chi connectivity index (χ2v) is 6.19. The van der Waals surface area contributed by atoms with Crippen molar-refractivity contribution in [1.29, 1.82) is 0 Å². The number of nitrogens with one attached hydrogen (secondary N) is 1. The molecule has 1 rings (SSSR count). The monoisotopic (exact) mass is 285 g/mol. The summed E-state index contributed by atoms with van der Waals surface area (Å²) in [6.45, 7) is 1.07. The van der Waals surface area contributed by atoms with Crippen molar-refractivity contribution in [2.24, 2.45) is 0 Å². The molecule has 0 heterocycles. The molecule has 106 valence electrons. The summed E-state index contributed by atoms with van der Waals surface area (Å²) in [6, 6.07) is 8.15. The van der Waals surface area contributed by atoms with E-state index in [0.717, 1.165) is 0 Å². The first kappa shape index (κ1) is 15.7. The maximum atomic E-state index is 11.9. The summed E-state index contributed by atoms with van der Waals surface area (Å²) < 4.78 is 28.7. The lowest BCUT2D eigenvalue weighted by Gasteiger charge is -2.06. The SMILES string of the molecule is COCCCNC(=O)CCS(=O)(=O)c1ccccc1. The standard InChI is InChI=1S/C13H19NO4S/c1-18-10-5-9-14-13(15)8-11-19(16,17)12-6-3-2-4-7-12/h2-4,6-7H,5,8-11H2,1H3,(H,14,15). The van der Waals surface area contributed by atoms with Gasteiger partial charge in [-0.15, -0.1) is 0 Å². The Kier molecular flexibility index (Phi) is 6.52. The highest BCUT2D eigenvalue weighted by molar-refractivity contribution is 7.91. The quantitative estimate of drug-likeness (QED) is 0.723. The van der Waals surface area contributed by atoms with Crippen LogP contribution in [0.3, 0.4) is 0 Å². The van der Waals surface area contributed by atoms with E-state index in [1.54, 1.807) is 25.3 Å². The van der Waals surface area contributed by atoms with Crippen LogP contribution in [-0.2, 0) is 19.4 Å². The molecule has 1 amide bonds. The van der Waals surface area contributed by atoms with Gasteiger partial charge in [0.05, 0.1) is 10.6 Å². The molecule has 0 aliphatic carbocycles. The molecule has 0 radical (unpaired) electrons. The summed E-state index contributed by atoms with van der Waals surface area (Å²) in [5.41, 5.74) is 0. The number of benzene rings is 1. The van der Waals surface area contributed by atoms with Gasteiger partial charge >= 0.3 is 0 Å². The first-order chi connectivity index (χ1) is 9.06. The van der Waals surface area contributed by atoms with Crippen LogP contribution in [0.15, 0.2) is 35.2 Å². The van der Waals surface area contributed by atoms with Crippen LogP contribution in [-0.4, -0.2) is 40.3 Å². The molecule has 0 aliphatic heterocycles. The zero-order chi connectivity index (χ0) is 14.1. The molecule has 19 heavy (non-hydrogen) atoms. The van der Waals surface area contributed by atoms with E-state index >= 15 is 0 Å². The van der Waals surface area contributed by atoms with Gasteiger partial charge in [0.2, 0.25) is 5.91 Å². The summed E-state index contributed by atoms with van der Waals surface area (Å²) in [7, 11) is -1.78. The first-order valence-electron chi connectivity index (χ1n) is 6.09. The lowest BCUT2D eigenvalue weighted by Crippen LogP contribution is -2.27. The molecule has 0 spiro atoms. The molecule has 1 N–H and O–H groups in total. The summed E-state index contributed by atoms with van der Waals surface area (Å²) in [5.74, 6) is -0.428. The minimum Gasteiger partial charge on any atom is -0.385 e. The summed E-state index contributed by atoms with van der Waals surface area (Å²) in [5, 5.41) is 2.66. The van der Waals surface area contributed by atoms with Crippen LogP contribution < -0.4 is 5.32 Å². The number of carbonyl (C=O) groups is 1. The Morgan fingerprint density at radius 1 is 1.26 bits per heavy atom. The van der Waals surface area contributed by atoms with E-state index in [4.69, 9.17) is 4.74 Å². The molecule has 0 aliphatic rings. The molecule has 0 fully saturated rings. The van der Waals surface area contributed by atoms with E-state index in [-0.39, 0.29) is 23.0 Å². The summed E-state index contributed by atoms with van der Waals surface area (Å²) in [4.78, 5) is 11.7. The molecule has 0 unspecified atom stereocenters. The number of methoxy groups -OCH3 is 1. The lowest BCUT2D eigenvalue weighted by atomic mass is 10.4. The number of rotatable bonds is 8. The van der Waals surface area contributed by atoms with Crippen LogP contribution >= 0.6 is 0 Å². The molecular weight excluding hydrogens is 266 g/mol. The van der Waals surface area contributed by atoms with E-state index in [2.05, 4.69) is 5.32 Å². The van der Waals surface area contributed by atoms with Crippen molar-refractivity contribution in [2.45, 2.75) is 17.7 Å². The zero-order valence-corrected chi connectivity index (χ0v) is 11.8. The number of amides is 1. The van der Waals surface area contributed by atoms with Crippen molar-refractivity contribution in [3.8, 4) is 0 Å². The Bertz CT molecular complexity index is 485. The highest BCUT2D eigenvalue weighted by atomic mass is 32.2. The predicted octanol–water partition coefficient (Wildman–Crippen LogP) is 1.00. The third kappa shape index (κ3) is 5.85. The molecule has 0 saturated heterocycles. The molecule has 1 aromatic carbocycles. The molecule has 0 aromatic heterocycles. The Labute approximate surface area is 113 Å². The number of hydrogen-bond acceptors (Lipinski definition) is 4. The van der Waals surface area contributed by atoms with Crippen LogP contribution in [0, 0.1) is 0 Å². The first-order valence-corrected chi connectivity index (χ1v) is 7.75. The second kappa shape index (κ2) is 7.91. The largest absolute Gasteiger partial charge is 0.385 e. The van der Waals surface area contributed by atoms with E-state index in [9.17, 15) is 13.2 Å². The van der Waals surface area contributed by atoms with Crippen molar-refractivity contribution in [2.75, 3.05) is 26.0 Å². The van der Waals surface area contributed by atoms with Crippen LogP contribution in [0.1, 0.15) is 12.8 Å². The highest BCUT2D eigenvalue weighted by Gasteiger charge is 2.15. The van der Waals surface area contributed by atoms with Crippen LogP contribution in [0.25, 0.3) is 0 Å². The lowest BCUT2D eigenvalue weighted by molar-refractivity contribution is -0.120. The number of hydrogen-bond donors (Lipinski definition) is 1. The maximum Gasteiger partial charge on any atom is 0.221 e. The van der Waals surface area contributed by atoms with Gasteiger partial charge in [0.25, 0.3) is 0 Å². The van der Waals surface area contributed by atoms with Crippen molar-refractivity contribution >= 4 is 15.7 Å². The third-order valence-electron chi connectivity index (χ3n) is 2.55. The van der Waals surface area contributed by atoms with Crippen LogP contribution in [0.2, 0.25) is 0 Å². The third-order valence-corrected chi connectivity index (χ3v) is 4.28. The Morgan fingerprint density at radius 2 is 1.95 bits per heavy atom. The van der Waals surface area contributed by atoms with Crippen molar-refractivity contribution in [3.63, 3.8) is 0 Å². The topological polar surface area (TPSA) is 72.5 Å². The minimum absolute atomic E-state index is 0.0236. The van der Waals surface area contributed by atoms with E-state index in [1.165, 1.54) is 12.1 Å². The molecular formula is C13H19NO4S. The van der Waals surface area contributed by atoms with Gasteiger partial charge in [-0.05, 0) is 18.6 Å². The van der Waals surface area contributed by atoms with E-state index in [0.29, 0.717) is 19.6 Å². The zero-order valence-electron chi connectivity index (χ0n) is 11.0. The Balaban J connectivity index is 2.37. The van der Waals surface area contributed by atoms with Gasteiger partial charge < -0.3 is 10.1 Å². The van der Waals surface area contributed by atoms with Crippen molar-refractivity contribution < 1.29 is 17.9 Å². The predicted molar refractivity (Wildman–Crippen MR) is 72.6 cm³/mol. The summed E-state index contributed by atoms with van der Waals surface area (Å²) >= 11 is 0. The van der Waals surface area contributed by atoms with Gasteiger partial charge in [-0.3, -0.25) is 4.79 Å². The van der Waals surface area contributed by atoms with Gasteiger partial charge in [0, 0.05) is 26.7 Å². The van der Waals surface area contributed by atoms with Gasteiger partial charge in [-0.25, -0.2) is 8.42 Å². The molecule has 5 nitrogen and oxygen atoms in total. The van der Waals surface area contributed by atoms with Crippen molar-refractivity contribution in [3.05, 3.63) is 30.3 Å². The maximum absolute atomic E-state index is 11.9. The smallest absolute Gasteiger partial charge is 0.221 e. The van der Waals surface area contributed by atoms with Crippen LogP contribution in [0.4, 0.5) is 0 Å². The Morgan fingerprint density at radius 3 is 2.58 bits per heavy atom. The van der Waals surface area contributed by atoms with E-state index in [1.807, 2.05) is 0 Å². The molecule has 0 atom stereocenters. The fourth-order valence-corrected chi connectivity index (χ4v) is 2.77. The Hall–Kier alpha value is -1.40. The van der Waals surface area contributed by atoms with Crippen molar-refractivity contribution in [1.82, 2.24) is 5.32 Å². The minimum atomic E-state index is -3.38.